The van der Waals surface area contributed by atoms with Gasteiger partial charge >= 0.3 is 5.97 Å². The van der Waals surface area contributed by atoms with Gasteiger partial charge in [-0.2, -0.15) is 0 Å². The summed E-state index contributed by atoms with van der Waals surface area (Å²) in [4.78, 5) is 22.5. The Labute approximate surface area is 125 Å². The number of nitrogens with two attached hydrogens (primary N) is 1. The lowest BCUT2D eigenvalue weighted by Gasteiger charge is -2.16. The van der Waals surface area contributed by atoms with Crippen molar-refractivity contribution >= 4 is 11.9 Å². The molecule has 0 heterocycles. The zero-order valence-electron chi connectivity index (χ0n) is 12.4. The third-order valence-electron chi connectivity index (χ3n) is 3.64. The van der Waals surface area contributed by atoms with E-state index in [2.05, 4.69) is 5.32 Å². The average molecular weight is 292 g/mol. The van der Waals surface area contributed by atoms with Gasteiger partial charge in [0.1, 0.15) is 6.04 Å². The first-order valence-electron chi connectivity index (χ1n) is 7.34. The van der Waals surface area contributed by atoms with E-state index in [-0.39, 0.29) is 12.3 Å². The van der Waals surface area contributed by atoms with Gasteiger partial charge in [-0.25, -0.2) is 0 Å². The second-order valence-corrected chi connectivity index (χ2v) is 5.17. The molecule has 1 aromatic carbocycles. The zero-order chi connectivity index (χ0) is 15.7. The molecule has 1 unspecified atom stereocenters. The summed E-state index contributed by atoms with van der Waals surface area (Å²) in [6.07, 6.45) is 2.51. The van der Waals surface area contributed by atoms with Crippen molar-refractivity contribution in [2.75, 3.05) is 6.54 Å². The van der Waals surface area contributed by atoms with Crippen LogP contribution in [0.5, 0.6) is 0 Å². The summed E-state index contributed by atoms with van der Waals surface area (Å²) < 4.78 is 0. The van der Waals surface area contributed by atoms with Crippen molar-refractivity contribution in [2.24, 2.45) is 11.7 Å². The molecule has 0 aliphatic rings. The number of benzene rings is 1. The van der Waals surface area contributed by atoms with Crippen molar-refractivity contribution in [1.82, 2.24) is 5.32 Å². The van der Waals surface area contributed by atoms with Crippen LogP contribution in [-0.4, -0.2) is 23.5 Å². The normalized spacial score (nSPS) is 13.4. The Morgan fingerprint density at radius 3 is 2.48 bits per heavy atom. The van der Waals surface area contributed by atoms with E-state index in [1.165, 1.54) is 0 Å². The van der Waals surface area contributed by atoms with Crippen molar-refractivity contribution in [1.29, 1.82) is 0 Å². The molecule has 0 aliphatic heterocycles. The fraction of sp³-hybridized carbons (Fsp3) is 0.500. The Morgan fingerprint density at radius 1 is 1.24 bits per heavy atom. The predicted octanol–water partition coefficient (Wildman–Crippen LogP) is 2.08. The number of carbonyl (C=O) groups is 2. The first kappa shape index (κ1) is 17.2. The number of hydrogen-bond donors (Lipinski definition) is 3. The van der Waals surface area contributed by atoms with E-state index in [1.807, 2.05) is 37.3 Å². The summed E-state index contributed by atoms with van der Waals surface area (Å²) in [5.74, 6) is -0.660. The number of amides is 1. The van der Waals surface area contributed by atoms with Crippen LogP contribution in [0.25, 0.3) is 0 Å². The topological polar surface area (TPSA) is 92.4 Å². The smallest absolute Gasteiger partial charge is 0.303 e. The molecule has 1 amide bonds. The SMILES string of the molecule is CCC(CCNC(=O)[C@@H](N)c1ccccc1)CCC(=O)O. The van der Waals surface area contributed by atoms with Gasteiger partial charge in [0, 0.05) is 13.0 Å². The quantitative estimate of drug-likeness (QED) is 0.649. The maximum absolute atomic E-state index is 11.9. The van der Waals surface area contributed by atoms with E-state index in [0.717, 1.165) is 18.4 Å². The standard InChI is InChI=1S/C16H24N2O3/c1-2-12(8-9-14(19)20)10-11-18-16(21)15(17)13-6-4-3-5-7-13/h3-7,12,15H,2,8-11,17H2,1H3,(H,18,21)(H,19,20)/t12?,15-/m0/s1. The van der Waals surface area contributed by atoms with Gasteiger partial charge in [0.2, 0.25) is 5.91 Å². The van der Waals surface area contributed by atoms with Gasteiger partial charge in [-0.15, -0.1) is 0 Å². The molecular formula is C16H24N2O3. The van der Waals surface area contributed by atoms with E-state index in [0.29, 0.717) is 18.9 Å². The van der Waals surface area contributed by atoms with Crippen LogP contribution in [0.4, 0.5) is 0 Å². The molecule has 1 aromatic rings. The third-order valence-corrected chi connectivity index (χ3v) is 3.64. The van der Waals surface area contributed by atoms with Crippen LogP contribution in [0, 0.1) is 5.92 Å². The van der Waals surface area contributed by atoms with Gasteiger partial charge in [-0.3, -0.25) is 9.59 Å². The van der Waals surface area contributed by atoms with Crippen LogP contribution in [0.3, 0.4) is 0 Å². The third kappa shape index (κ3) is 6.40. The predicted molar refractivity (Wildman–Crippen MR) is 81.6 cm³/mol. The minimum atomic E-state index is -0.774. The Morgan fingerprint density at radius 2 is 1.90 bits per heavy atom. The molecule has 116 valence electrons. The van der Waals surface area contributed by atoms with Crippen molar-refractivity contribution in [3.05, 3.63) is 35.9 Å². The number of hydrogen-bond acceptors (Lipinski definition) is 3. The highest BCUT2D eigenvalue weighted by Gasteiger charge is 2.15. The second-order valence-electron chi connectivity index (χ2n) is 5.17. The molecule has 1 rings (SSSR count). The fourth-order valence-electron chi connectivity index (χ4n) is 2.20. The van der Waals surface area contributed by atoms with E-state index in [4.69, 9.17) is 10.8 Å². The van der Waals surface area contributed by atoms with Gasteiger partial charge in [-0.05, 0) is 24.3 Å². The Kier molecular flexibility index (Phi) is 7.46. The first-order valence-corrected chi connectivity index (χ1v) is 7.34. The van der Waals surface area contributed by atoms with Gasteiger partial charge in [0.05, 0.1) is 0 Å². The summed E-state index contributed by atoms with van der Waals surface area (Å²) in [6.45, 7) is 2.56. The minimum Gasteiger partial charge on any atom is -0.481 e. The van der Waals surface area contributed by atoms with Crippen LogP contribution in [0.1, 0.15) is 44.2 Å². The zero-order valence-corrected chi connectivity index (χ0v) is 12.4. The molecule has 0 spiro atoms. The molecule has 21 heavy (non-hydrogen) atoms. The number of carbonyl (C=O) groups excluding carboxylic acids is 1. The Hall–Kier alpha value is -1.88. The molecule has 4 N–H and O–H groups in total. The van der Waals surface area contributed by atoms with E-state index in [9.17, 15) is 9.59 Å². The summed E-state index contributed by atoms with van der Waals surface area (Å²) in [6, 6.07) is 8.56. The van der Waals surface area contributed by atoms with Crippen LogP contribution < -0.4 is 11.1 Å². The molecule has 5 nitrogen and oxygen atoms in total. The number of carboxylic acids is 1. The van der Waals surface area contributed by atoms with Crippen molar-refractivity contribution < 1.29 is 14.7 Å². The lowest BCUT2D eigenvalue weighted by atomic mass is 9.96. The van der Waals surface area contributed by atoms with Crippen LogP contribution in [0.2, 0.25) is 0 Å². The molecule has 0 saturated heterocycles. The largest absolute Gasteiger partial charge is 0.481 e. The second kappa shape index (κ2) is 9.13. The maximum atomic E-state index is 11.9. The number of rotatable bonds is 9. The fourth-order valence-corrected chi connectivity index (χ4v) is 2.20. The maximum Gasteiger partial charge on any atom is 0.303 e. The molecule has 0 radical (unpaired) electrons. The summed E-state index contributed by atoms with van der Waals surface area (Å²) in [5, 5.41) is 11.5. The van der Waals surface area contributed by atoms with E-state index < -0.39 is 12.0 Å². The molecule has 0 aromatic heterocycles. The number of carboxylic acid groups (broad SMARTS) is 1. The molecule has 0 fully saturated rings. The lowest BCUT2D eigenvalue weighted by Crippen LogP contribution is -2.35. The first-order chi connectivity index (χ1) is 10.0. The lowest BCUT2D eigenvalue weighted by molar-refractivity contribution is -0.137. The Balaban J connectivity index is 2.33. The molecule has 0 saturated carbocycles. The highest BCUT2D eigenvalue weighted by atomic mass is 16.4. The highest BCUT2D eigenvalue weighted by molar-refractivity contribution is 5.82. The summed E-state index contributed by atoms with van der Waals surface area (Å²) >= 11 is 0. The van der Waals surface area contributed by atoms with Gasteiger partial charge < -0.3 is 16.2 Å². The van der Waals surface area contributed by atoms with E-state index >= 15 is 0 Å². The molecule has 5 heteroatoms. The van der Waals surface area contributed by atoms with Crippen LogP contribution in [-0.2, 0) is 9.59 Å². The molecule has 2 atom stereocenters. The monoisotopic (exact) mass is 292 g/mol. The number of nitrogens with one attached hydrogen (secondary N) is 1. The van der Waals surface area contributed by atoms with Crippen molar-refractivity contribution in [3.8, 4) is 0 Å². The molecule has 0 bridgehead atoms. The highest BCUT2D eigenvalue weighted by Crippen LogP contribution is 2.15. The van der Waals surface area contributed by atoms with Gasteiger partial charge in [0.25, 0.3) is 0 Å². The summed E-state index contributed by atoms with van der Waals surface area (Å²) in [5.41, 5.74) is 6.68. The van der Waals surface area contributed by atoms with Crippen LogP contribution in [0.15, 0.2) is 30.3 Å². The molecular weight excluding hydrogens is 268 g/mol. The van der Waals surface area contributed by atoms with Gasteiger partial charge in [0.15, 0.2) is 0 Å². The Bertz CT molecular complexity index is 448. The van der Waals surface area contributed by atoms with E-state index in [1.54, 1.807) is 0 Å². The molecule has 0 aliphatic carbocycles. The number of aliphatic carboxylic acids is 1. The van der Waals surface area contributed by atoms with Crippen LogP contribution >= 0.6 is 0 Å². The van der Waals surface area contributed by atoms with Gasteiger partial charge in [-0.1, -0.05) is 43.7 Å². The minimum absolute atomic E-state index is 0.177. The van der Waals surface area contributed by atoms with Crippen molar-refractivity contribution in [2.45, 2.75) is 38.6 Å². The van der Waals surface area contributed by atoms with Crippen molar-refractivity contribution in [3.63, 3.8) is 0 Å². The average Bonchev–Trinajstić information content (AvgIpc) is 2.50. The summed E-state index contributed by atoms with van der Waals surface area (Å²) in [7, 11) is 0.